The lowest BCUT2D eigenvalue weighted by atomic mass is 10.1. The maximum atomic E-state index is 13.3. The molecule has 142 valence electrons. The Labute approximate surface area is 167 Å². The molecule has 0 bridgehead atoms. The van der Waals surface area contributed by atoms with Crippen LogP contribution in [0.3, 0.4) is 0 Å². The SMILES string of the molecule is Cc1ccc(-c2[nH]c(Cc3ccc(O)cc3)c3oc4ccccc4c(=O)c23)cc1. The number of aromatic hydroxyl groups is 1. The highest BCUT2D eigenvalue weighted by molar-refractivity contribution is 5.99. The van der Waals surface area contributed by atoms with Crippen LogP contribution < -0.4 is 5.43 Å². The van der Waals surface area contributed by atoms with Gasteiger partial charge in [-0.05, 0) is 42.3 Å². The fourth-order valence-electron chi connectivity index (χ4n) is 3.73. The maximum Gasteiger partial charge on any atom is 0.202 e. The van der Waals surface area contributed by atoms with Gasteiger partial charge in [0.2, 0.25) is 5.43 Å². The second-order valence-electron chi connectivity index (χ2n) is 7.32. The topological polar surface area (TPSA) is 66.2 Å². The number of rotatable bonds is 3. The first-order valence-corrected chi connectivity index (χ1v) is 9.51. The van der Waals surface area contributed by atoms with Gasteiger partial charge in [0, 0.05) is 6.42 Å². The fraction of sp³-hybridized carbons (Fsp3) is 0.0800. The standard InChI is InChI=1S/C25H19NO3/c1-15-6-10-17(11-7-15)23-22-24(28)19-4-2-3-5-21(19)29-25(22)20(26-23)14-16-8-12-18(27)13-9-16/h2-13,26-27H,14H2,1H3. The van der Waals surface area contributed by atoms with Gasteiger partial charge in [0.25, 0.3) is 0 Å². The molecule has 4 heteroatoms. The first kappa shape index (κ1) is 17.3. The van der Waals surface area contributed by atoms with E-state index in [0.717, 1.165) is 28.1 Å². The summed E-state index contributed by atoms with van der Waals surface area (Å²) in [5.74, 6) is 0.225. The van der Waals surface area contributed by atoms with E-state index in [9.17, 15) is 9.90 Å². The molecule has 5 aromatic rings. The molecule has 0 aliphatic rings. The third kappa shape index (κ3) is 2.99. The molecule has 0 fully saturated rings. The van der Waals surface area contributed by atoms with Crippen molar-refractivity contribution in [2.75, 3.05) is 0 Å². The van der Waals surface area contributed by atoms with E-state index in [-0.39, 0.29) is 11.2 Å². The van der Waals surface area contributed by atoms with E-state index >= 15 is 0 Å². The number of phenols is 1. The Morgan fingerprint density at radius 2 is 1.66 bits per heavy atom. The minimum Gasteiger partial charge on any atom is -0.508 e. The van der Waals surface area contributed by atoms with Crippen LogP contribution in [0.25, 0.3) is 33.2 Å². The number of H-pyrrole nitrogens is 1. The molecular formula is C25H19NO3. The summed E-state index contributed by atoms with van der Waals surface area (Å²) in [4.78, 5) is 16.8. The fourth-order valence-corrected chi connectivity index (χ4v) is 3.73. The first-order valence-electron chi connectivity index (χ1n) is 9.51. The van der Waals surface area contributed by atoms with Crippen LogP contribution in [0.15, 0.2) is 82.0 Å². The van der Waals surface area contributed by atoms with Crippen LogP contribution in [-0.4, -0.2) is 10.1 Å². The molecule has 4 nitrogen and oxygen atoms in total. The van der Waals surface area contributed by atoms with Gasteiger partial charge >= 0.3 is 0 Å². The Kier molecular flexibility index (Phi) is 3.98. The van der Waals surface area contributed by atoms with E-state index in [1.54, 1.807) is 18.2 Å². The molecule has 29 heavy (non-hydrogen) atoms. The molecule has 0 saturated carbocycles. The summed E-state index contributed by atoms with van der Waals surface area (Å²) in [6.45, 7) is 2.04. The number of hydrogen-bond acceptors (Lipinski definition) is 3. The smallest absolute Gasteiger partial charge is 0.202 e. The molecule has 0 saturated heterocycles. The maximum absolute atomic E-state index is 13.3. The number of hydrogen-bond donors (Lipinski definition) is 2. The molecule has 2 heterocycles. The van der Waals surface area contributed by atoms with Crippen molar-refractivity contribution >= 4 is 21.9 Å². The number of aryl methyl sites for hydroxylation is 1. The summed E-state index contributed by atoms with van der Waals surface area (Å²) in [7, 11) is 0. The van der Waals surface area contributed by atoms with Gasteiger partial charge in [0.15, 0.2) is 5.58 Å². The number of aromatic nitrogens is 1. The van der Waals surface area contributed by atoms with Crippen LogP contribution in [-0.2, 0) is 6.42 Å². The molecule has 5 rings (SSSR count). The summed E-state index contributed by atoms with van der Waals surface area (Å²) in [6.07, 6.45) is 0.559. The van der Waals surface area contributed by atoms with E-state index in [2.05, 4.69) is 4.98 Å². The third-order valence-electron chi connectivity index (χ3n) is 5.26. The highest BCUT2D eigenvalue weighted by Crippen LogP contribution is 2.32. The van der Waals surface area contributed by atoms with Gasteiger partial charge in [-0.25, -0.2) is 0 Å². The van der Waals surface area contributed by atoms with E-state index < -0.39 is 0 Å². The van der Waals surface area contributed by atoms with Crippen LogP contribution in [0.2, 0.25) is 0 Å². The average Bonchev–Trinajstić information content (AvgIpc) is 3.09. The number of nitrogens with one attached hydrogen (secondary N) is 1. The van der Waals surface area contributed by atoms with Crippen molar-refractivity contribution in [3.63, 3.8) is 0 Å². The van der Waals surface area contributed by atoms with E-state index in [4.69, 9.17) is 4.42 Å². The lowest BCUT2D eigenvalue weighted by molar-refractivity contribution is 0.475. The molecule has 3 aromatic carbocycles. The molecule has 0 aliphatic heterocycles. The monoisotopic (exact) mass is 381 g/mol. The molecular weight excluding hydrogens is 362 g/mol. The lowest BCUT2D eigenvalue weighted by Gasteiger charge is -2.02. The first-order chi connectivity index (χ1) is 14.1. The van der Waals surface area contributed by atoms with Gasteiger partial charge in [0.1, 0.15) is 11.3 Å². The molecule has 0 spiro atoms. The third-order valence-corrected chi connectivity index (χ3v) is 5.26. The largest absolute Gasteiger partial charge is 0.508 e. The van der Waals surface area contributed by atoms with Crippen molar-refractivity contribution in [1.29, 1.82) is 0 Å². The number of phenolic OH excluding ortho intramolecular Hbond substituents is 1. The summed E-state index contributed by atoms with van der Waals surface area (Å²) in [5, 5.41) is 10.7. The summed E-state index contributed by atoms with van der Waals surface area (Å²) in [5.41, 5.74) is 5.84. The second-order valence-corrected chi connectivity index (χ2v) is 7.32. The predicted molar refractivity (Wildman–Crippen MR) is 115 cm³/mol. The zero-order valence-electron chi connectivity index (χ0n) is 15.9. The Bertz CT molecular complexity index is 1390. The summed E-state index contributed by atoms with van der Waals surface area (Å²) >= 11 is 0. The van der Waals surface area contributed by atoms with Gasteiger partial charge in [0.05, 0.1) is 22.2 Å². The van der Waals surface area contributed by atoms with Crippen LogP contribution >= 0.6 is 0 Å². The Hall–Kier alpha value is -3.79. The molecule has 2 aromatic heterocycles. The normalized spacial score (nSPS) is 11.3. The highest BCUT2D eigenvalue weighted by atomic mass is 16.3. The van der Waals surface area contributed by atoms with Crippen molar-refractivity contribution in [1.82, 2.24) is 4.98 Å². The zero-order valence-corrected chi connectivity index (χ0v) is 15.9. The van der Waals surface area contributed by atoms with Crippen molar-refractivity contribution in [3.8, 4) is 17.0 Å². The molecule has 0 radical (unpaired) electrons. The quantitative estimate of drug-likeness (QED) is 0.431. The van der Waals surface area contributed by atoms with Gasteiger partial charge in [-0.15, -0.1) is 0 Å². The van der Waals surface area contributed by atoms with Gasteiger partial charge in [-0.3, -0.25) is 4.79 Å². The number of aromatic amines is 1. The number of fused-ring (bicyclic) bond motifs is 2. The van der Waals surface area contributed by atoms with Crippen molar-refractivity contribution < 1.29 is 9.52 Å². The number of benzene rings is 3. The van der Waals surface area contributed by atoms with Gasteiger partial charge in [-0.2, -0.15) is 0 Å². The average molecular weight is 381 g/mol. The van der Waals surface area contributed by atoms with Crippen molar-refractivity contribution in [2.24, 2.45) is 0 Å². The van der Waals surface area contributed by atoms with Crippen molar-refractivity contribution in [3.05, 3.63) is 99.8 Å². The summed E-state index contributed by atoms with van der Waals surface area (Å²) < 4.78 is 6.20. The Morgan fingerprint density at radius 3 is 2.41 bits per heavy atom. The van der Waals surface area contributed by atoms with Crippen molar-refractivity contribution in [2.45, 2.75) is 13.3 Å². The molecule has 0 aliphatic carbocycles. The molecule has 0 amide bonds. The minimum atomic E-state index is -0.0365. The van der Waals surface area contributed by atoms with E-state index in [0.29, 0.717) is 28.4 Å². The Morgan fingerprint density at radius 1 is 0.931 bits per heavy atom. The lowest BCUT2D eigenvalue weighted by Crippen LogP contribution is -2.02. The summed E-state index contributed by atoms with van der Waals surface area (Å²) in [6, 6.07) is 22.5. The zero-order chi connectivity index (χ0) is 20.0. The van der Waals surface area contributed by atoms with Gasteiger partial charge in [-0.1, -0.05) is 54.1 Å². The van der Waals surface area contributed by atoms with Crippen LogP contribution in [0, 0.1) is 6.92 Å². The number of para-hydroxylation sites is 1. The van der Waals surface area contributed by atoms with E-state index in [1.165, 1.54) is 0 Å². The predicted octanol–water partition coefficient (Wildman–Crippen LogP) is 5.55. The van der Waals surface area contributed by atoms with Crippen LogP contribution in [0.4, 0.5) is 0 Å². The molecule has 0 atom stereocenters. The van der Waals surface area contributed by atoms with E-state index in [1.807, 2.05) is 61.5 Å². The second kappa shape index (κ2) is 6.67. The molecule has 0 unspecified atom stereocenters. The van der Waals surface area contributed by atoms with Gasteiger partial charge < -0.3 is 14.5 Å². The Balaban J connectivity index is 1.79. The molecule has 2 N–H and O–H groups in total. The highest BCUT2D eigenvalue weighted by Gasteiger charge is 2.19. The minimum absolute atomic E-state index is 0.0365. The van der Waals surface area contributed by atoms with Crippen LogP contribution in [0.1, 0.15) is 16.8 Å². The van der Waals surface area contributed by atoms with Crippen LogP contribution in [0.5, 0.6) is 5.75 Å².